The summed E-state index contributed by atoms with van der Waals surface area (Å²) in [4.78, 5) is 15.9. The van der Waals surface area contributed by atoms with Gasteiger partial charge in [0.1, 0.15) is 11.4 Å². The Morgan fingerprint density at radius 3 is 2.00 bits per heavy atom. The lowest BCUT2D eigenvalue weighted by Crippen LogP contribution is -2.14. The number of rotatable bonds is 7. The molecule has 0 fully saturated rings. The van der Waals surface area contributed by atoms with Gasteiger partial charge in [0.25, 0.3) is 0 Å². The lowest BCUT2D eigenvalue weighted by Gasteiger charge is -2.18. The van der Waals surface area contributed by atoms with Crippen LogP contribution in [0.15, 0.2) is 215 Å². The van der Waals surface area contributed by atoms with Crippen LogP contribution in [-0.2, 0) is 0 Å². The first-order valence-electron chi connectivity index (χ1n) is 20.3. The van der Waals surface area contributed by atoms with E-state index in [9.17, 15) is 0 Å². The molecule has 284 valence electrons. The zero-order valence-corrected chi connectivity index (χ0v) is 33.0. The quantitative estimate of drug-likeness (QED) is 0.120. The van der Waals surface area contributed by atoms with Crippen LogP contribution in [0, 0.1) is 0 Å². The molecule has 0 amide bonds. The summed E-state index contributed by atoms with van der Waals surface area (Å²) in [5, 5.41) is 2.29. The second kappa shape index (κ2) is 14.5. The maximum atomic E-state index is 6.82. The summed E-state index contributed by atoms with van der Waals surface area (Å²) in [5.41, 5.74) is 15.9. The second-order valence-corrected chi connectivity index (χ2v) is 15.2. The molecule has 1 aliphatic carbocycles. The van der Waals surface area contributed by atoms with Crippen molar-refractivity contribution < 1.29 is 4.42 Å². The topological polar surface area (TPSA) is 55.7 Å². The van der Waals surface area contributed by atoms with Crippen LogP contribution in [0.2, 0.25) is 0 Å². The monoisotopic (exact) mass is 770 g/mol. The van der Waals surface area contributed by atoms with E-state index in [0.717, 1.165) is 83.2 Å². The molecule has 0 spiro atoms. The van der Waals surface area contributed by atoms with Crippen molar-refractivity contribution in [2.45, 2.75) is 12.8 Å². The van der Waals surface area contributed by atoms with Gasteiger partial charge in [0.2, 0.25) is 5.89 Å². The summed E-state index contributed by atoms with van der Waals surface area (Å²) in [7, 11) is 0. The molecule has 0 saturated carbocycles. The van der Waals surface area contributed by atoms with Gasteiger partial charge in [-0.1, -0.05) is 170 Å². The molecule has 0 radical (unpaired) electrons. The number of fused-ring (bicyclic) bond motifs is 8. The largest absolute Gasteiger partial charge is 0.434 e. The predicted octanol–water partition coefficient (Wildman–Crippen LogP) is 13.9. The molecule has 60 heavy (non-hydrogen) atoms. The Labute approximate surface area is 348 Å². The van der Waals surface area contributed by atoms with Crippen molar-refractivity contribution >= 4 is 50.1 Å². The summed E-state index contributed by atoms with van der Waals surface area (Å²) in [6.07, 6.45) is 0. The molecule has 8 aromatic carbocycles. The summed E-state index contributed by atoms with van der Waals surface area (Å²) in [5.74, 6) is 0.947. The number of amidine groups is 1. The smallest absolute Gasteiger partial charge is 0.227 e. The highest BCUT2D eigenvalue weighted by Gasteiger charge is 2.36. The van der Waals surface area contributed by atoms with Gasteiger partial charge in [0, 0.05) is 22.0 Å². The number of benzene rings is 8. The fourth-order valence-corrected chi connectivity index (χ4v) is 8.85. The maximum absolute atomic E-state index is 6.82. The van der Waals surface area contributed by atoms with Gasteiger partial charge in [-0.05, 0) is 81.8 Å². The fraction of sp³-hybridized carbons (Fsp3) is 0.0364. The average Bonchev–Trinajstić information content (AvgIpc) is 4.00. The molecule has 5 heteroatoms. The number of oxazole rings is 1. The summed E-state index contributed by atoms with van der Waals surface area (Å²) in [6, 6.07) is 67.4. The third-order valence-corrected chi connectivity index (χ3v) is 11.7. The van der Waals surface area contributed by atoms with Gasteiger partial charge < -0.3 is 8.98 Å². The van der Waals surface area contributed by atoms with Gasteiger partial charge in [-0.2, -0.15) is 0 Å². The van der Waals surface area contributed by atoms with Crippen LogP contribution in [0.5, 0.6) is 0 Å². The summed E-state index contributed by atoms with van der Waals surface area (Å²) >= 11 is 0. The Hall–Kier alpha value is -7.89. The molecule has 11 rings (SSSR count). The molecule has 0 bridgehead atoms. The highest BCUT2D eigenvalue weighted by atomic mass is 16.3. The second-order valence-electron chi connectivity index (χ2n) is 15.2. The molecule has 2 aromatic heterocycles. The van der Waals surface area contributed by atoms with Crippen LogP contribution in [0.4, 0.5) is 0 Å². The van der Waals surface area contributed by atoms with Crippen LogP contribution < -0.4 is 0 Å². The van der Waals surface area contributed by atoms with Crippen molar-refractivity contribution in [2.75, 3.05) is 0 Å². The van der Waals surface area contributed by atoms with Crippen molar-refractivity contribution in [2.24, 2.45) is 9.98 Å². The lowest BCUT2D eigenvalue weighted by atomic mass is 9.93. The van der Waals surface area contributed by atoms with Crippen molar-refractivity contribution in [3.8, 4) is 39.4 Å². The number of hydrogen-bond donors (Lipinski definition) is 0. The number of nitrogens with zero attached hydrogens (tertiary/aromatic N) is 4. The molecule has 0 saturated heterocycles. The summed E-state index contributed by atoms with van der Waals surface area (Å²) in [6.45, 7) is 6.55. The van der Waals surface area contributed by atoms with Gasteiger partial charge in [-0.15, -0.1) is 0 Å². The van der Waals surface area contributed by atoms with E-state index in [0.29, 0.717) is 17.4 Å². The average molecular weight is 771 g/mol. The normalized spacial score (nSPS) is 13.8. The van der Waals surface area contributed by atoms with Gasteiger partial charge in [-0.3, -0.25) is 0 Å². The Balaban J connectivity index is 1.15. The molecule has 1 atom stereocenters. The highest BCUT2D eigenvalue weighted by Crippen LogP contribution is 2.51. The van der Waals surface area contributed by atoms with Crippen LogP contribution in [0.1, 0.15) is 35.1 Å². The third kappa shape index (κ3) is 5.90. The number of hydrogen-bond acceptors (Lipinski definition) is 3. The van der Waals surface area contributed by atoms with Crippen LogP contribution in [-0.4, -0.2) is 21.1 Å². The molecule has 1 unspecified atom stereocenters. The molecule has 0 N–H and O–H groups in total. The van der Waals surface area contributed by atoms with E-state index in [1.807, 2.05) is 60.7 Å². The molecule has 0 aliphatic heterocycles. The maximum Gasteiger partial charge on any atom is 0.227 e. The lowest BCUT2D eigenvalue weighted by molar-refractivity contribution is 0.618. The predicted molar refractivity (Wildman–Crippen MR) is 248 cm³/mol. The van der Waals surface area contributed by atoms with E-state index < -0.39 is 0 Å². The minimum atomic E-state index is -0.310. The Kier molecular flexibility index (Phi) is 8.52. The van der Waals surface area contributed by atoms with Crippen molar-refractivity contribution in [3.05, 3.63) is 223 Å². The summed E-state index contributed by atoms with van der Waals surface area (Å²) < 4.78 is 9.19. The first-order valence-corrected chi connectivity index (χ1v) is 20.3. The molecule has 10 aromatic rings. The fourth-order valence-electron chi connectivity index (χ4n) is 8.85. The van der Waals surface area contributed by atoms with Gasteiger partial charge >= 0.3 is 0 Å². The molecular formula is C55H38N4O. The van der Waals surface area contributed by atoms with Gasteiger partial charge in [-0.25, -0.2) is 15.0 Å². The van der Waals surface area contributed by atoms with E-state index in [1.54, 1.807) is 0 Å². The van der Waals surface area contributed by atoms with E-state index in [1.165, 1.54) is 11.1 Å². The minimum Gasteiger partial charge on any atom is -0.434 e. The molecule has 2 heterocycles. The Bertz CT molecular complexity index is 3320. The first-order chi connectivity index (χ1) is 29.6. The highest BCUT2D eigenvalue weighted by molar-refractivity contribution is 6.18. The zero-order chi connectivity index (χ0) is 40.2. The first kappa shape index (κ1) is 35.3. The van der Waals surface area contributed by atoms with Crippen molar-refractivity contribution in [1.29, 1.82) is 0 Å². The SMILES string of the molecule is C=C(/N=C(\N=C(/C)c1ccccc1)C1c2ccccc2-c2ccc3c4ccccc4n(-c4cccc5nc(-c6ccc(-c7ccccc7)cc6)oc45)c3c21)c1ccccc1. The van der Waals surface area contributed by atoms with Crippen LogP contribution in [0.25, 0.3) is 78.0 Å². The van der Waals surface area contributed by atoms with E-state index >= 15 is 0 Å². The van der Waals surface area contributed by atoms with Crippen LogP contribution in [0.3, 0.4) is 0 Å². The Morgan fingerprint density at radius 1 is 0.567 bits per heavy atom. The molecular weight excluding hydrogens is 733 g/mol. The van der Waals surface area contributed by atoms with Crippen molar-refractivity contribution in [3.63, 3.8) is 0 Å². The van der Waals surface area contributed by atoms with E-state index in [2.05, 4.69) is 152 Å². The van der Waals surface area contributed by atoms with Crippen LogP contribution >= 0.6 is 0 Å². The van der Waals surface area contributed by atoms with Gasteiger partial charge in [0.15, 0.2) is 5.58 Å². The number of aromatic nitrogens is 2. The minimum absolute atomic E-state index is 0.310. The zero-order valence-electron chi connectivity index (χ0n) is 33.0. The standard InChI is InChI=1S/C55H38N4O/c1-35(37-17-6-3-7-18-37)56-54(57-36(2)38-19-8-4-9-20-38)51-44-25-13-12-23-42(44)45-33-34-46-43-24-14-15-27-48(43)59(52(46)50(45)51)49-28-16-26-47-53(49)60-55(58-47)41-31-29-40(30-32-41)39-21-10-5-11-22-39/h3-34,51H,1H2,2H3/b56-54-,57-36+. The third-order valence-electron chi connectivity index (χ3n) is 11.7. The molecule has 5 nitrogen and oxygen atoms in total. The molecule has 1 aliphatic rings. The van der Waals surface area contributed by atoms with Crippen molar-refractivity contribution in [1.82, 2.24) is 9.55 Å². The van der Waals surface area contributed by atoms with E-state index in [4.69, 9.17) is 19.4 Å². The number of aliphatic imine (C=N–C) groups is 2. The van der Waals surface area contributed by atoms with Gasteiger partial charge in [0.05, 0.1) is 28.3 Å². The Morgan fingerprint density at radius 2 is 1.22 bits per heavy atom. The number of para-hydroxylation sites is 2. The van der Waals surface area contributed by atoms with E-state index in [-0.39, 0.29) is 5.92 Å².